The van der Waals surface area contributed by atoms with Gasteiger partial charge < -0.3 is 5.32 Å². The van der Waals surface area contributed by atoms with Gasteiger partial charge in [0.1, 0.15) is 4.60 Å². The van der Waals surface area contributed by atoms with Crippen molar-refractivity contribution < 1.29 is 4.79 Å². The van der Waals surface area contributed by atoms with Crippen LogP contribution in [0.5, 0.6) is 0 Å². The molecule has 0 atom stereocenters. The van der Waals surface area contributed by atoms with Gasteiger partial charge in [0.25, 0.3) is 0 Å². The Hall–Kier alpha value is -1.66. The third-order valence-electron chi connectivity index (χ3n) is 1.94. The first kappa shape index (κ1) is 12.8. The molecule has 2 amide bonds. The number of aromatic nitrogens is 2. The summed E-state index contributed by atoms with van der Waals surface area (Å²) >= 11 is 8.96. The summed E-state index contributed by atoms with van der Waals surface area (Å²) in [6.45, 7) is 0. The van der Waals surface area contributed by atoms with Crippen LogP contribution in [0, 0.1) is 0 Å². The van der Waals surface area contributed by atoms with Gasteiger partial charge in [-0.1, -0.05) is 17.7 Å². The van der Waals surface area contributed by atoms with E-state index in [0.29, 0.717) is 21.1 Å². The Labute approximate surface area is 117 Å². The molecule has 0 aliphatic carbocycles. The zero-order chi connectivity index (χ0) is 13.0. The number of carbonyl (C=O) groups is 1. The zero-order valence-electron chi connectivity index (χ0n) is 9.02. The number of halogens is 2. The Morgan fingerprint density at radius 2 is 2.06 bits per heavy atom. The number of nitrogens with one attached hydrogen (secondary N) is 2. The molecule has 0 saturated carbocycles. The number of carbonyl (C=O) groups excluding carboxylic acids is 1. The highest BCUT2D eigenvalue weighted by Gasteiger charge is 2.04. The number of benzene rings is 1. The van der Waals surface area contributed by atoms with Crippen LogP contribution in [0.4, 0.5) is 16.3 Å². The van der Waals surface area contributed by atoms with Gasteiger partial charge in [-0.3, -0.25) is 5.32 Å². The van der Waals surface area contributed by atoms with Gasteiger partial charge in [-0.25, -0.2) is 14.8 Å². The molecule has 2 aromatic rings. The molecule has 1 aromatic heterocycles. The lowest BCUT2D eigenvalue weighted by molar-refractivity contribution is 0.262. The van der Waals surface area contributed by atoms with Gasteiger partial charge in [0, 0.05) is 10.7 Å². The smallest absolute Gasteiger partial charge is 0.308 e. The van der Waals surface area contributed by atoms with E-state index in [9.17, 15) is 4.79 Å². The Kier molecular flexibility index (Phi) is 4.11. The Bertz CT molecular complexity index is 561. The van der Waals surface area contributed by atoms with Gasteiger partial charge >= 0.3 is 6.03 Å². The average Bonchev–Trinajstić information content (AvgIpc) is 2.32. The van der Waals surface area contributed by atoms with Gasteiger partial charge in [-0.2, -0.15) is 0 Å². The minimum Gasteiger partial charge on any atom is -0.308 e. The number of nitrogens with zero attached hydrogens (tertiary/aromatic N) is 2. The molecule has 92 valence electrons. The van der Waals surface area contributed by atoms with Crippen LogP contribution in [0.1, 0.15) is 0 Å². The van der Waals surface area contributed by atoms with Crippen LogP contribution < -0.4 is 10.6 Å². The monoisotopic (exact) mass is 326 g/mol. The minimum atomic E-state index is -0.408. The summed E-state index contributed by atoms with van der Waals surface area (Å²) in [5.74, 6) is 0.359. The maximum Gasteiger partial charge on any atom is 0.324 e. The summed E-state index contributed by atoms with van der Waals surface area (Å²) in [5, 5.41) is 5.73. The van der Waals surface area contributed by atoms with Crippen LogP contribution in [-0.2, 0) is 0 Å². The van der Waals surface area contributed by atoms with Crippen molar-refractivity contribution in [3.05, 3.63) is 46.3 Å². The van der Waals surface area contributed by atoms with Crippen molar-refractivity contribution in [2.75, 3.05) is 10.6 Å². The second-order valence-electron chi connectivity index (χ2n) is 3.31. The quantitative estimate of drug-likeness (QED) is 0.886. The first-order valence-corrected chi connectivity index (χ1v) is 6.12. The number of rotatable bonds is 2. The summed E-state index contributed by atoms with van der Waals surface area (Å²) in [7, 11) is 0. The minimum absolute atomic E-state index is 0.359. The lowest BCUT2D eigenvalue weighted by atomic mass is 10.3. The number of hydrogen-bond donors (Lipinski definition) is 2. The summed E-state index contributed by atoms with van der Waals surface area (Å²) in [5.41, 5.74) is 0.602. The fraction of sp³-hybridized carbons (Fsp3) is 0. The van der Waals surface area contributed by atoms with Gasteiger partial charge in [0.2, 0.25) is 0 Å². The van der Waals surface area contributed by atoms with Crippen LogP contribution in [-0.4, -0.2) is 16.0 Å². The summed E-state index contributed by atoms with van der Waals surface area (Å²) in [6, 6.07) is 6.45. The standard InChI is InChI=1S/C11H8BrClN4O/c12-9-5-15-10(6-14-9)17-11(18)16-8-3-1-2-7(13)4-8/h1-6H,(H2,15,16,17,18). The number of amides is 2. The average molecular weight is 328 g/mol. The molecule has 0 aliphatic heterocycles. The Morgan fingerprint density at radius 3 is 2.72 bits per heavy atom. The van der Waals surface area contributed by atoms with Crippen molar-refractivity contribution in [2.24, 2.45) is 0 Å². The topological polar surface area (TPSA) is 66.9 Å². The molecule has 5 nitrogen and oxygen atoms in total. The molecule has 0 bridgehead atoms. The van der Waals surface area contributed by atoms with Gasteiger partial charge in [-0.05, 0) is 34.1 Å². The van der Waals surface area contributed by atoms with Crippen molar-refractivity contribution >= 4 is 45.1 Å². The van der Waals surface area contributed by atoms with Crippen LogP contribution in [0.2, 0.25) is 5.02 Å². The van der Waals surface area contributed by atoms with E-state index in [1.54, 1.807) is 24.3 Å². The van der Waals surface area contributed by atoms with Crippen molar-refractivity contribution in [3.8, 4) is 0 Å². The Balaban J connectivity index is 1.98. The van der Waals surface area contributed by atoms with Crippen molar-refractivity contribution in [3.63, 3.8) is 0 Å². The molecule has 18 heavy (non-hydrogen) atoms. The van der Waals surface area contributed by atoms with Crippen molar-refractivity contribution in [1.82, 2.24) is 9.97 Å². The second-order valence-corrected chi connectivity index (χ2v) is 4.56. The molecular formula is C11H8BrClN4O. The SMILES string of the molecule is O=C(Nc1cccc(Cl)c1)Nc1cnc(Br)cn1. The molecule has 1 aromatic carbocycles. The van der Waals surface area contributed by atoms with E-state index in [2.05, 4.69) is 36.5 Å². The van der Waals surface area contributed by atoms with Crippen LogP contribution in [0.3, 0.4) is 0 Å². The van der Waals surface area contributed by atoms with Crippen LogP contribution in [0.15, 0.2) is 41.3 Å². The molecule has 0 spiro atoms. The maximum absolute atomic E-state index is 11.6. The predicted octanol–water partition coefficient (Wildman–Crippen LogP) is 3.54. The molecule has 0 unspecified atom stereocenters. The molecule has 2 N–H and O–H groups in total. The van der Waals surface area contributed by atoms with Crippen LogP contribution >= 0.6 is 27.5 Å². The summed E-state index contributed by atoms with van der Waals surface area (Å²) in [6.07, 6.45) is 2.94. The number of urea groups is 1. The van der Waals surface area contributed by atoms with E-state index in [4.69, 9.17) is 11.6 Å². The molecule has 1 heterocycles. The molecule has 7 heteroatoms. The Morgan fingerprint density at radius 1 is 1.22 bits per heavy atom. The molecule has 0 saturated heterocycles. The molecular weight excluding hydrogens is 320 g/mol. The van der Waals surface area contributed by atoms with Gasteiger partial charge in [0.05, 0.1) is 12.4 Å². The predicted molar refractivity (Wildman–Crippen MR) is 73.8 cm³/mol. The maximum atomic E-state index is 11.6. The molecule has 0 fully saturated rings. The lowest BCUT2D eigenvalue weighted by Crippen LogP contribution is -2.20. The van der Waals surface area contributed by atoms with Gasteiger partial charge in [0.15, 0.2) is 5.82 Å². The van der Waals surface area contributed by atoms with E-state index in [-0.39, 0.29) is 0 Å². The fourth-order valence-corrected chi connectivity index (χ4v) is 1.62. The van der Waals surface area contributed by atoms with Crippen LogP contribution in [0.25, 0.3) is 0 Å². The molecule has 2 rings (SSSR count). The van der Waals surface area contributed by atoms with Crippen molar-refractivity contribution in [2.45, 2.75) is 0 Å². The highest BCUT2D eigenvalue weighted by Crippen LogP contribution is 2.15. The number of hydrogen-bond acceptors (Lipinski definition) is 3. The second kappa shape index (κ2) is 5.79. The van der Waals surface area contributed by atoms with E-state index in [1.807, 2.05) is 0 Å². The van der Waals surface area contributed by atoms with Gasteiger partial charge in [-0.15, -0.1) is 0 Å². The molecule has 0 radical (unpaired) electrons. The highest BCUT2D eigenvalue weighted by atomic mass is 79.9. The zero-order valence-corrected chi connectivity index (χ0v) is 11.4. The summed E-state index contributed by atoms with van der Waals surface area (Å²) < 4.78 is 0.600. The first-order chi connectivity index (χ1) is 8.63. The van der Waals surface area contributed by atoms with E-state index in [0.717, 1.165) is 0 Å². The molecule has 0 aliphatic rings. The van der Waals surface area contributed by atoms with Crippen molar-refractivity contribution in [1.29, 1.82) is 0 Å². The van der Waals surface area contributed by atoms with E-state index >= 15 is 0 Å². The van der Waals surface area contributed by atoms with E-state index < -0.39 is 6.03 Å². The largest absolute Gasteiger partial charge is 0.324 e. The third kappa shape index (κ3) is 3.68. The highest BCUT2D eigenvalue weighted by molar-refractivity contribution is 9.10. The fourth-order valence-electron chi connectivity index (χ4n) is 1.22. The number of anilines is 2. The normalized spacial score (nSPS) is 9.89. The third-order valence-corrected chi connectivity index (χ3v) is 2.59. The van der Waals surface area contributed by atoms with E-state index in [1.165, 1.54) is 12.4 Å². The first-order valence-electron chi connectivity index (χ1n) is 4.94. The summed E-state index contributed by atoms with van der Waals surface area (Å²) in [4.78, 5) is 19.5. The lowest BCUT2D eigenvalue weighted by Gasteiger charge is -2.06.